The molecule has 0 saturated carbocycles. The summed E-state index contributed by atoms with van der Waals surface area (Å²) in [6.07, 6.45) is 1.82. The van der Waals surface area contributed by atoms with Gasteiger partial charge in [0.05, 0.1) is 4.92 Å². The van der Waals surface area contributed by atoms with E-state index >= 15 is 0 Å². The molecular weight excluding hydrogens is 358 g/mol. The number of furan rings is 1. The molecule has 0 spiro atoms. The van der Waals surface area contributed by atoms with Crippen LogP contribution in [0.1, 0.15) is 39.9 Å². The number of benzene rings is 2. The third-order valence-electron chi connectivity index (χ3n) is 4.22. The van der Waals surface area contributed by atoms with Crippen LogP contribution in [-0.4, -0.2) is 17.8 Å². The van der Waals surface area contributed by atoms with E-state index in [-0.39, 0.29) is 17.0 Å². The summed E-state index contributed by atoms with van der Waals surface area (Å²) >= 11 is 0. The number of hydrogen-bond donors (Lipinski definition) is 0. The number of methoxy groups -OCH3 is 1. The fourth-order valence-corrected chi connectivity index (χ4v) is 2.86. The van der Waals surface area contributed by atoms with Crippen LogP contribution in [0.15, 0.2) is 65.1 Å². The molecule has 0 atom stereocenters. The SMILES string of the molecule is COCc1ccc(C(C)=Cc2ccc([N+](=O)[O-])c(C(=O)c3ccccc3)c2)o1. The van der Waals surface area contributed by atoms with Gasteiger partial charge in [-0.05, 0) is 48.4 Å². The first-order valence-corrected chi connectivity index (χ1v) is 8.64. The zero-order valence-corrected chi connectivity index (χ0v) is 15.5. The average molecular weight is 377 g/mol. The molecule has 3 rings (SSSR count). The van der Waals surface area contributed by atoms with Gasteiger partial charge in [-0.2, -0.15) is 0 Å². The van der Waals surface area contributed by atoms with E-state index in [0.717, 1.165) is 5.57 Å². The molecule has 0 radical (unpaired) electrons. The number of nitro groups is 1. The van der Waals surface area contributed by atoms with Crippen molar-refractivity contribution in [1.29, 1.82) is 0 Å². The third kappa shape index (κ3) is 4.24. The second kappa shape index (κ2) is 8.45. The molecule has 2 aromatic carbocycles. The number of ether oxygens (including phenoxy) is 1. The van der Waals surface area contributed by atoms with Gasteiger partial charge in [-0.3, -0.25) is 14.9 Å². The molecule has 3 aromatic rings. The molecule has 0 aliphatic rings. The molecule has 6 nitrogen and oxygen atoms in total. The number of carbonyl (C=O) groups is 1. The Bertz CT molecular complexity index is 1030. The summed E-state index contributed by atoms with van der Waals surface area (Å²) in [5.41, 5.74) is 1.74. The largest absolute Gasteiger partial charge is 0.459 e. The second-order valence-corrected chi connectivity index (χ2v) is 6.26. The lowest BCUT2D eigenvalue weighted by molar-refractivity contribution is -0.385. The van der Waals surface area contributed by atoms with Crippen molar-refractivity contribution in [2.75, 3.05) is 7.11 Å². The number of rotatable bonds is 7. The first kappa shape index (κ1) is 19.3. The van der Waals surface area contributed by atoms with Crippen molar-refractivity contribution in [3.63, 3.8) is 0 Å². The maximum atomic E-state index is 12.8. The topological polar surface area (TPSA) is 82.6 Å². The van der Waals surface area contributed by atoms with Crippen LogP contribution in [0.4, 0.5) is 5.69 Å². The van der Waals surface area contributed by atoms with Gasteiger partial charge in [0.1, 0.15) is 23.7 Å². The van der Waals surface area contributed by atoms with Gasteiger partial charge in [0.2, 0.25) is 0 Å². The number of ketones is 1. The molecule has 1 heterocycles. The molecule has 1 aromatic heterocycles. The average Bonchev–Trinajstić information content (AvgIpc) is 3.17. The van der Waals surface area contributed by atoms with Gasteiger partial charge in [-0.25, -0.2) is 0 Å². The van der Waals surface area contributed by atoms with E-state index in [1.165, 1.54) is 12.1 Å². The van der Waals surface area contributed by atoms with Crippen molar-refractivity contribution in [2.45, 2.75) is 13.5 Å². The van der Waals surface area contributed by atoms with Crippen molar-refractivity contribution in [3.05, 3.63) is 99.0 Å². The third-order valence-corrected chi connectivity index (χ3v) is 4.22. The quantitative estimate of drug-likeness (QED) is 0.324. The molecule has 0 N–H and O–H groups in total. The maximum Gasteiger partial charge on any atom is 0.280 e. The highest BCUT2D eigenvalue weighted by molar-refractivity contribution is 6.11. The summed E-state index contributed by atoms with van der Waals surface area (Å²) in [5.74, 6) is 0.982. The van der Waals surface area contributed by atoms with Gasteiger partial charge >= 0.3 is 0 Å². The molecule has 0 aliphatic heterocycles. The van der Waals surface area contributed by atoms with E-state index < -0.39 is 4.92 Å². The van der Waals surface area contributed by atoms with Gasteiger partial charge in [-0.15, -0.1) is 0 Å². The summed E-state index contributed by atoms with van der Waals surface area (Å²) in [4.78, 5) is 23.6. The first-order chi connectivity index (χ1) is 13.5. The molecule has 0 amide bonds. The predicted octanol–water partition coefficient (Wildman–Crippen LogP) is 5.13. The van der Waals surface area contributed by atoms with Gasteiger partial charge in [0.15, 0.2) is 5.78 Å². The van der Waals surface area contributed by atoms with E-state index in [1.54, 1.807) is 43.5 Å². The Balaban J connectivity index is 1.98. The van der Waals surface area contributed by atoms with Crippen LogP contribution < -0.4 is 0 Å². The van der Waals surface area contributed by atoms with Gasteiger partial charge in [-0.1, -0.05) is 30.3 Å². The standard InChI is InChI=1S/C22H19NO5/c1-15(21-11-9-18(28-21)14-27-2)12-16-8-10-20(23(25)26)19(13-16)22(24)17-6-4-3-5-7-17/h3-13H,14H2,1-2H3. The van der Waals surface area contributed by atoms with E-state index in [0.29, 0.717) is 29.3 Å². The van der Waals surface area contributed by atoms with Crippen LogP contribution in [0.3, 0.4) is 0 Å². The zero-order valence-electron chi connectivity index (χ0n) is 15.5. The zero-order chi connectivity index (χ0) is 20.1. The van der Waals surface area contributed by atoms with Crippen LogP contribution in [0, 0.1) is 10.1 Å². The summed E-state index contributed by atoms with van der Waals surface area (Å²) in [7, 11) is 1.59. The van der Waals surface area contributed by atoms with Gasteiger partial charge < -0.3 is 9.15 Å². The first-order valence-electron chi connectivity index (χ1n) is 8.64. The van der Waals surface area contributed by atoms with Crippen molar-refractivity contribution >= 4 is 23.1 Å². The van der Waals surface area contributed by atoms with E-state index in [2.05, 4.69) is 0 Å². The summed E-state index contributed by atoms with van der Waals surface area (Å²) in [5, 5.41) is 11.4. The van der Waals surface area contributed by atoms with Crippen molar-refractivity contribution < 1.29 is 18.9 Å². The highest BCUT2D eigenvalue weighted by atomic mass is 16.6. The highest BCUT2D eigenvalue weighted by Gasteiger charge is 2.21. The maximum absolute atomic E-state index is 12.8. The number of hydrogen-bond acceptors (Lipinski definition) is 5. The molecule has 0 aliphatic carbocycles. The number of nitrogens with zero attached hydrogens (tertiary/aromatic N) is 1. The molecular formula is C22H19NO5. The Morgan fingerprint density at radius 2 is 1.89 bits per heavy atom. The molecule has 28 heavy (non-hydrogen) atoms. The minimum absolute atomic E-state index is 0.0530. The van der Waals surface area contributed by atoms with Crippen molar-refractivity contribution in [3.8, 4) is 0 Å². The van der Waals surface area contributed by atoms with Crippen LogP contribution in [-0.2, 0) is 11.3 Å². The van der Waals surface area contributed by atoms with Crippen molar-refractivity contribution in [1.82, 2.24) is 0 Å². The van der Waals surface area contributed by atoms with Crippen LogP contribution in [0.2, 0.25) is 0 Å². The Hall–Kier alpha value is -3.51. The fourth-order valence-electron chi connectivity index (χ4n) is 2.86. The lowest BCUT2D eigenvalue weighted by atomic mass is 9.98. The normalized spacial score (nSPS) is 11.4. The predicted molar refractivity (Wildman–Crippen MR) is 106 cm³/mol. The van der Waals surface area contributed by atoms with Crippen LogP contribution >= 0.6 is 0 Å². The Morgan fingerprint density at radius 3 is 2.57 bits per heavy atom. The minimum Gasteiger partial charge on any atom is -0.459 e. The minimum atomic E-state index is -0.542. The van der Waals surface area contributed by atoms with Crippen LogP contribution in [0.25, 0.3) is 11.6 Å². The lowest BCUT2D eigenvalue weighted by Crippen LogP contribution is -2.05. The molecule has 0 fully saturated rings. The number of nitro benzene ring substituents is 1. The molecule has 6 heteroatoms. The Kier molecular flexibility index (Phi) is 5.81. The summed E-state index contributed by atoms with van der Waals surface area (Å²) < 4.78 is 10.7. The molecule has 0 unspecified atom stereocenters. The fraction of sp³-hybridized carbons (Fsp3) is 0.136. The molecule has 0 bridgehead atoms. The molecule has 0 saturated heterocycles. The van der Waals surface area contributed by atoms with Gasteiger partial charge in [0.25, 0.3) is 5.69 Å². The van der Waals surface area contributed by atoms with E-state index in [4.69, 9.17) is 9.15 Å². The summed E-state index contributed by atoms with van der Waals surface area (Å²) in [6.45, 7) is 2.25. The number of allylic oxidation sites excluding steroid dienone is 1. The molecule has 142 valence electrons. The second-order valence-electron chi connectivity index (χ2n) is 6.26. The highest BCUT2D eigenvalue weighted by Crippen LogP contribution is 2.26. The lowest BCUT2D eigenvalue weighted by Gasteiger charge is -2.05. The van der Waals surface area contributed by atoms with E-state index in [9.17, 15) is 14.9 Å². The number of carbonyl (C=O) groups excluding carboxylic acids is 1. The Morgan fingerprint density at radius 1 is 1.14 bits per heavy atom. The smallest absolute Gasteiger partial charge is 0.280 e. The van der Waals surface area contributed by atoms with Crippen molar-refractivity contribution in [2.24, 2.45) is 0 Å². The van der Waals surface area contributed by atoms with E-state index in [1.807, 2.05) is 25.1 Å². The monoisotopic (exact) mass is 377 g/mol. The Labute approximate surface area is 162 Å². The van der Waals surface area contributed by atoms with Crippen LogP contribution in [0.5, 0.6) is 0 Å². The summed E-state index contributed by atoms with van der Waals surface area (Å²) in [6, 6.07) is 16.7. The van der Waals surface area contributed by atoms with Gasteiger partial charge in [0, 0.05) is 18.7 Å².